The van der Waals surface area contributed by atoms with E-state index in [9.17, 15) is 9.90 Å². The molecular formula is C13H18N2O3. The van der Waals surface area contributed by atoms with Crippen molar-refractivity contribution in [2.45, 2.75) is 26.4 Å². The van der Waals surface area contributed by atoms with Crippen LogP contribution in [0.15, 0.2) is 12.1 Å². The van der Waals surface area contributed by atoms with Gasteiger partial charge in [-0.1, -0.05) is 0 Å². The lowest BCUT2D eigenvalue weighted by Crippen LogP contribution is -2.32. The van der Waals surface area contributed by atoms with Crippen LogP contribution in [0.25, 0.3) is 0 Å². The normalized spacial score (nSPS) is 20.6. The highest BCUT2D eigenvalue weighted by Gasteiger charge is 2.21. The third-order valence-electron chi connectivity index (χ3n) is 3.00. The molecule has 0 amide bonds. The van der Waals surface area contributed by atoms with Gasteiger partial charge in [-0.05, 0) is 32.4 Å². The standard InChI is InChI=1S/C13H18N2O3/c1-9-4-5-11(13(16)17)12(14-9)15-6-3-7-18-10(2)8-15/h4-5,10H,3,6-8H2,1-2H3,(H,16,17). The molecule has 0 radical (unpaired) electrons. The molecule has 0 aromatic carbocycles. The molecule has 1 saturated heterocycles. The lowest BCUT2D eigenvalue weighted by atomic mass is 10.2. The second kappa shape index (κ2) is 5.35. The molecule has 1 aromatic heterocycles. The van der Waals surface area contributed by atoms with Crippen molar-refractivity contribution >= 4 is 11.8 Å². The molecule has 1 aliphatic rings. The van der Waals surface area contributed by atoms with E-state index in [1.54, 1.807) is 12.1 Å². The Kier molecular flexibility index (Phi) is 3.81. The molecule has 0 spiro atoms. The third-order valence-corrected chi connectivity index (χ3v) is 3.00. The van der Waals surface area contributed by atoms with Gasteiger partial charge in [0.25, 0.3) is 0 Å². The van der Waals surface area contributed by atoms with Crippen LogP contribution in [-0.2, 0) is 4.74 Å². The van der Waals surface area contributed by atoms with Gasteiger partial charge >= 0.3 is 5.97 Å². The average Bonchev–Trinajstić information content (AvgIpc) is 2.53. The maximum atomic E-state index is 11.2. The molecule has 0 saturated carbocycles. The zero-order valence-electron chi connectivity index (χ0n) is 10.7. The number of carbonyl (C=O) groups is 1. The van der Waals surface area contributed by atoms with Gasteiger partial charge in [-0.2, -0.15) is 0 Å². The maximum absolute atomic E-state index is 11.2. The highest BCUT2D eigenvalue weighted by Crippen LogP contribution is 2.21. The smallest absolute Gasteiger partial charge is 0.339 e. The van der Waals surface area contributed by atoms with Gasteiger partial charge < -0.3 is 14.7 Å². The Morgan fingerprint density at radius 2 is 2.33 bits per heavy atom. The molecule has 5 nitrogen and oxygen atoms in total. The molecule has 1 aromatic rings. The van der Waals surface area contributed by atoms with Gasteiger partial charge in [0.1, 0.15) is 11.4 Å². The number of aryl methyl sites for hydroxylation is 1. The summed E-state index contributed by atoms with van der Waals surface area (Å²) in [6, 6.07) is 3.35. The van der Waals surface area contributed by atoms with E-state index in [2.05, 4.69) is 4.98 Å². The van der Waals surface area contributed by atoms with Crippen molar-refractivity contribution in [2.75, 3.05) is 24.6 Å². The highest BCUT2D eigenvalue weighted by molar-refractivity contribution is 5.93. The minimum atomic E-state index is -0.935. The molecule has 1 fully saturated rings. The number of carboxylic acid groups (broad SMARTS) is 1. The molecule has 1 unspecified atom stereocenters. The number of aromatic carboxylic acids is 1. The Morgan fingerprint density at radius 1 is 1.56 bits per heavy atom. The second-order valence-electron chi connectivity index (χ2n) is 4.61. The molecule has 0 bridgehead atoms. The summed E-state index contributed by atoms with van der Waals surface area (Å²) < 4.78 is 5.57. The monoisotopic (exact) mass is 250 g/mol. The van der Waals surface area contributed by atoms with Crippen molar-refractivity contribution < 1.29 is 14.6 Å². The predicted octanol–water partition coefficient (Wildman–Crippen LogP) is 1.70. The summed E-state index contributed by atoms with van der Waals surface area (Å²) in [6.07, 6.45) is 0.982. The summed E-state index contributed by atoms with van der Waals surface area (Å²) >= 11 is 0. The Bertz CT molecular complexity index is 448. The molecule has 18 heavy (non-hydrogen) atoms. The number of carboxylic acids is 1. The van der Waals surface area contributed by atoms with Crippen molar-refractivity contribution in [1.29, 1.82) is 0 Å². The first-order valence-corrected chi connectivity index (χ1v) is 6.15. The number of pyridine rings is 1. The first kappa shape index (κ1) is 12.8. The summed E-state index contributed by atoms with van der Waals surface area (Å²) in [4.78, 5) is 17.6. The van der Waals surface area contributed by atoms with Gasteiger partial charge in [0.2, 0.25) is 0 Å². The van der Waals surface area contributed by atoms with Gasteiger partial charge in [0.15, 0.2) is 0 Å². The number of anilines is 1. The van der Waals surface area contributed by atoms with Gasteiger partial charge in [0, 0.05) is 25.4 Å². The predicted molar refractivity (Wildman–Crippen MR) is 68.2 cm³/mol. The quantitative estimate of drug-likeness (QED) is 0.865. The third kappa shape index (κ3) is 2.79. The van der Waals surface area contributed by atoms with E-state index in [0.29, 0.717) is 19.0 Å². The number of rotatable bonds is 2. The van der Waals surface area contributed by atoms with Crippen molar-refractivity contribution in [2.24, 2.45) is 0 Å². The van der Waals surface area contributed by atoms with Crippen LogP contribution in [-0.4, -0.2) is 41.9 Å². The van der Waals surface area contributed by atoms with E-state index in [-0.39, 0.29) is 11.7 Å². The van der Waals surface area contributed by atoms with Crippen LogP contribution in [0.2, 0.25) is 0 Å². The van der Waals surface area contributed by atoms with Crippen molar-refractivity contribution in [1.82, 2.24) is 4.98 Å². The highest BCUT2D eigenvalue weighted by atomic mass is 16.5. The van der Waals surface area contributed by atoms with E-state index in [4.69, 9.17) is 4.74 Å². The first-order chi connectivity index (χ1) is 8.58. The SMILES string of the molecule is Cc1ccc(C(=O)O)c(N2CCCOC(C)C2)n1. The molecule has 1 atom stereocenters. The molecule has 2 heterocycles. The van der Waals surface area contributed by atoms with Crippen molar-refractivity contribution in [3.63, 3.8) is 0 Å². The summed E-state index contributed by atoms with van der Waals surface area (Å²) in [7, 11) is 0. The van der Waals surface area contributed by atoms with E-state index in [0.717, 1.165) is 18.7 Å². The summed E-state index contributed by atoms with van der Waals surface area (Å²) in [6.45, 7) is 6.03. The molecular weight excluding hydrogens is 232 g/mol. The van der Waals surface area contributed by atoms with Crippen molar-refractivity contribution in [3.8, 4) is 0 Å². The Morgan fingerprint density at radius 3 is 3.06 bits per heavy atom. The number of hydrogen-bond donors (Lipinski definition) is 1. The molecule has 98 valence electrons. The van der Waals surface area contributed by atoms with Gasteiger partial charge in [-0.15, -0.1) is 0 Å². The van der Waals surface area contributed by atoms with Crippen LogP contribution in [0.1, 0.15) is 29.4 Å². The molecule has 2 rings (SSSR count). The zero-order chi connectivity index (χ0) is 13.1. The number of aromatic nitrogens is 1. The van der Waals surface area contributed by atoms with E-state index in [1.165, 1.54) is 0 Å². The molecule has 1 N–H and O–H groups in total. The summed E-state index contributed by atoms with van der Waals surface area (Å²) in [5.74, 6) is -0.379. The van der Waals surface area contributed by atoms with E-state index >= 15 is 0 Å². The lowest BCUT2D eigenvalue weighted by Gasteiger charge is -2.24. The average molecular weight is 250 g/mol. The first-order valence-electron chi connectivity index (χ1n) is 6.15. The molecule has 5 heteroatoms. The van der Waals surface area contributed by atoms with Crippen LogP contribution in [0, 0.1) is 6.92 Å². The van der Waals surface area contributed by atoms with Gasteiger partial charge in [-0.3, -0.25) is 0 Å². The Labute approximate surface area is 106 Å². The van der Waals surface area contributed by atoms with E-state index < -0.39 is 5.97 Å². The zero-order valence-corrected chi connectivity index (χ0v) is 10.7. The van der Waals surface area contributed by atoms with Crippen LogP contribution in [0.3, 0.4) is 0 Å². The van der Waals surface area contributed by atoms with Crippen LogP contribution >= 0.6 is 0 Å². The summed E-state index contributed by atoms with van der Waals surface area (Å²) in [5.41, 5.74) is 1.09. The van der Waals surface area contributed by atoms with Gasteiger partial charge in [0.05, 0.1) is 6.10 Å². The van der Waals surface area contributed by atoms with Crippen molar-refractivity contribution in [3.05, 3.63) is 23.4 Å². The lowest BCUT2D eigenvalue weighted by molar-refractivity contribution is 0.0695. The van der Waals surface area contributed by atoms with Crippen LogP contribution in [0.5, 0.6) is 0 Å². The largest absolute Gasteiger partial charge is 0.478 e. The fourth-order valence-electron chi connectivity index (χ4n) is 2.14. The fraction of sp³-hybridized carbons (Fsp3) is 0.538. The minimum Gasteiger partial charge on any atom is -0.478 e. The van der Waals surface area contributed by atoms with Crippen LogP contribution in [0.4, 0.5) is 5.82 Å². The summed E-state index contributed by atoms with van der Waals surface area (Å²) in [5, 5.41) is 9.23. The fourth-order valence-corrected chi connectivity index (χ4v) is 2.14. The number of nitrogens with zero attached hydrogens (tertiary/aromatic N) is 2. The van der Waals surface area contributed by atoms with Gasteiger partial charge in [-0.25, -0.2) is 9.78 Å². The molecule has 0 aliphatic carbocycles. The number of ether oxygens (including phenoxy) is 1. The Balaban J connectivity index is 2.35. The second-order valence-corrected chi connectivity index (χ2v) is 4.61. The Hall–Kier alpha value is -1.62. The topological polar surface area (TPSA) is 62.7 Å². The van der Waals surface area contributed by atoms with Crippen LogP contribution < -0.4 is 4.90 Å². The maximum Gasteiger partial charge on any atom is 0.339 e. The molecule has 1 aliphatic heterocycles. The van der Waals surface area contributed by atoms with E-state index in [1.807, 2.05) is 18.7 Å². The number of hydrogen-bond acceptors (Lipinski definition) is 4. The minimum absolute atomic E-state index is 0.0939.